The lowest BCUT2D eigenvalue weighted by Crippen LogP contribution is -2.14. The lowest BCUT2D eigenvalue weighted by atomic mass is 10.2. The van der Waals surface area contributed by atoms with E-state index < -0.39 is 21.6 Å². The zero-order valence-corrected chi connectivity index (χ0v) is 10.2. The molecule has 0 aliphatic carbocycles. The van der Waals surface area contributed by atoms with E-state index in [1.54, 1.807) is 0 Å². The van der Waals surface area contributed by atoms with Crippen molar-refractivity contribution in [2.75, 3.05) is 5.43 Å². The number of non-ortho nitro benzene ring substituents is 1. The van der Waals surface area contributed by atoms with Crippen molar-refractivity contribution < 1.29 is 15.0 Å². The Kier molecular flexibility index (Phi) is 4.48. The normalized spacial score (nSPS) is 12.9. The summed E-state index contributed by atoms with van der Waals surface area (Å²) in [6.45, 7) is 3.03. The molecule has 1 atom stereocenters. The molecule has 9 heteroatoms. The summed E-state index contributed by atoms with van der Waals surface area (Å²) in [6, 6.07) is 3.16. The second kappa shape index (κ2) is 5.87. The largest absolute Gasteiger partial charge is 0.387 e. The topological polar surface area (TPSA) is 131 Å². The summed E-state index contributed by atoms with van der Waals surface area (Å²) in [5, 5.41) is 34.3. The van der Waals surface area contributed by atoms with Crippen LogP contribution < -0.4 is 5.43 Å². The monoisotopic (exact) mass is 268 g/mol. The van der Waals surface area contributed by atoms with Gasteiger partial charge in [-0.1, -0.05) is 0 Å². The molecular weight excluding hydrogens is 256 g/mol. The molecule has 0 aromatic heterocycles. The number of nitrogens with one attached hydrogen (secondary N) is 1. The number of aliphatic hydroxyl groups excluding tert-OH is 1. The fraction of sp³-hybridized carbons (Fsp3) is 0.300. The van der Waals surface area contributed by atoms with Gasteiger partial charge in [0.2, 0.25) is 0 Å². The van der Waals surface area contributed by atoms with Gasteiger partial charge >= 0.3 is 5.69 Å². The third kappa shape index (κ3) is 3.71. The van der Waals surface area contributed by atoms with Crippen LogP contribution in [0, 0.1) is 20.2 Å². The maximum absolute atomic E-state index is 10.8. The van der Waals surface area contributed by atoms with Crippen LogP contribution in [0.2, 0.25) is 0 Å². The second-order valence-corrected chi connectivity index (χ2v) is 3.76. The Morgan fingerprint density at radius 1 is 1.37 bits per heavy atom. The van der Waals surface area contributed by atoms with Gasteiger partial charge in [-0.25, -0.2) is 0 Å². The van der Waals surface area contributed by atoms with Gasteiger partial charge in [0.05, 0.1) is 27.7 Å². The number of hydrogen-bond acceptors (Lipinski definition) is 7. The van der Waals surface area contributed by atoms with Crippen LogP contribution in [-0.4, -0.2) is 26.8 Å². The van der Waals surface area contributed by atoms with E-state index in [2.05, 4.69) is 10.5 Å². The Labute approximate surface area is 107 Å². The number of hydrogen-bond donors (Lipinski definition) is 2. The minimum absolute atomic E-state index is 0.00981. The molecule has 19 heavy (non-hydrogen) atoms. The Morgan fingerprint density at radius 2 is 2.00 bits per heavy atom. The first kappa shape index (κ1) is 14.5. The van der Waals surface area contributed by atoms with Gasteiger partial charge in [0, 0.05) is 6.07 Å². The Bertz CT molecular complexity index is 541. The Morgan fingerprint density at radius 3 is 2.47 bits per heavy atom. The molecular formula is C10H12N4O5. The molecule has 1 aromatic carbocycles. The maximum Gasteiger partial charge on any atom is 0.301 e. The molecule has 0 radical (unpaired) electrons. The van der Waals surface area contributed by atoms with Crippen molar-refractivity contribution in [1.29, 1.82) is 0 Å². The number of nitro groups is 2. The Hall–Kier alpha value is -2.55. The van der Waals surface area contributed by atoms with Crippen molar-refractivity contribution in [2.24, 2.45) is 5.10 Å². The summed E-state index contributed by atoms with van der Waals surface area (Å²) < 4.78 is 0. The van der Waals surface area contributed by atoms with E-state index in [9.17, 15) is 25.3 Å². The average molecular weight is 268 g/mol. The van der Waals surface area contributed by atoms with Crippen molar-refractivity contribution in [3.05, 3.63) is 38.4 Å². The van der Waals surface area contributed by atoms with Crippen LogP contribution in [0.4, 0.5) is 17.1 Å². The molecule has 0 amide bonds. The van der Waals surface area contributed by atoms with E-state index >= 15 is 0 Å². The molecule has 9 nitrogen and oxygen atoms in total. The maximum atomic E-state index is 10.8. The minimum atomic E-state index is -0.801. The second-order valence-electron chi connectivity index (χ2n) is 3.76. The summed E-state index contributed by atoms with van der Waals surface area (Å²) in [4.78, 5) is 19.9. The fourth-order valence-corrected chi connectivity index (χ4v) is 1.12. The van der Waals surface area contributed by atoms with Crippen LogP contribution in [0.5, 0.6) is 0 Å². The van der Waals surface area contributed by atoms with E-state index in [4.69, 9.17) is 0 Å². The van der Waals surface area contributed by atoms with E-state index in [1.165, 1.54) is 19.9 Å². The van der Waals surface area contributed by atoms with Crippen LogP contribution in [-0.2, 0) is 0 Å². The van der Waals surface area contributed by atoms with Gasteiger partial charge < -0.3 is 5.11 Å². The zero-order valence-electron chi connectivity index (χ0n) is 10.2. The molecule has 0 spiro atoms. The quantitative estimate of drug-likeness (QED) is 0.474. The van der Waals surface area contributed by atoms with Crippen molar-refractivity contribution in [3.8, 4) is 0 Å². The molecule has 0 saturated heterocycles. The van der Waals surface area contributed by atoms with Crippen LogP contribution in [0.1, 0.15) is 13.8 Å². The first-order chi connectivity index (χ1) is 8.82. The molecule has 0 aliphatic rings. The van der Waals surface area contributed by atoms with E-state index in [0.29, 0.717) is 5.71 Å². The highest BCUT2D eigenvalue weighted by Gasteiger charge is 2.19. The molecule has 2 N–H and O–H groups in total. The Balaban J connectivity index is 3.11. The van der Waals surface area contributed by atoms with Gasteiger partial charge in [-0.15, -0.1) is 0 Å². The van der Waals surface area contributed by atoms with Gasteiger partial charge in [0.25, 0.3) is 5.69 Å². The first-order valence-electron chi connectivity index (χ1n) is 5.24. The van der Waals surface area contributed by atoms with Crippen LogP contribution in [0.25, 0.3) is 0 Å². The van der Waals surface area contributed by atoms with Gasteiger partial charge in [-0.3, -0.25) is 25.7 Å². The van der Waals surface area contributed by atoms with Gasteiger partial charge in [-0.2, -0.15) is 5.10 Å². The van der Waals surface area contributed by atoms with Gasteiger partial charge in [-0.05, 0) is 19.9 Å². The molecule has 0 bridgehead atoms. The summed E-state index contributed by atoms with van der Waals surface area (Å²) in [5.74, 6) is 0. The number of nitrogens with zero attached hydrogens (tertiary/aromatic N) is 3. The zero-order chi connectivity index (χ0) is 14.6. The lowest BCUT2D eigenvalue weighted by molar-refractivity contribution is -0.393. The van der Waals surface area contributed by atoms with Crippen LogP contribution in [0.15, 0.2) is 23.3 Å². The van der Waals surface area contributed by atoms with Crippen molar-refractivity contribution >= 4 is 22.8 Å². The third-order valence-corrected chi connectivity index (χ3v) is 2.35. The smallest absolute Gasteiger partial charge is 0.301 e. The molecule has 1 aromatic rings. The molecule has 0 aliphatic heterocycles. The lowest BCUT2D eigenvalue weighted by Gasteiger charge is -2.05. The predicted octanol–water partition coefficient (Wildman–Crippen LogP) is 1.67. The average Bonchev–Trinajstić information content (AvgIpc) is 2.35. The number of aliphatic hydroxyl groups is 1. The number of nitro benzene ring substituents is 2. The molecule has 0 heterocycles. The molecule has 1 unspecified atom stereocenters. The summed E-state index contributed by atoms with van der Waals surface area (Å²) >= 11 is 0. The fourth-order valence-electron chi connectivity index (χ4n) is 1.12. The van der Waals surface area contributed by atoms with Crippen molar-refractivity contribution in [1.82, 2.24) is 0 Å². The molecule has 0 fully saturated rings. The first-order valence-corrected chi connectivity index (χ1v) is 5.24. The molecule has 1 rings (SSSR count). The third-order valence-electron chi connectivity index (χ3n) is 2.35. The highest BCUT2D eigenvalue weighted by Crippen LogP contribution is 2.28. The SMILES string of the molecule is C/C(=N\Nc1ccc([N+](=O)[O-])cc1[N+](=O)[O-])C(C)O. The summed E-state index contributed by atoms with van der Waals surface area (Å²) in [7, 11) is 0. The van der Waals surface area contributed by atoms with Gasteiger partial charge in [0.15, 0.2) is 0 Å². The summed E-state index contributed by atoms with van der Waals surface area (Å²) in [5.41, 5.74) is 1.90. The van der Waals surface area contributed by atoms with Crippen molar-refractivity contribution in [3.63, 3.8) is 0 Å². The minimum Gasteiger partial charge on any atom is -0.387 e. The van der Waals surface area contributed by atoms with E-state index in [1.807, 2.05) is 0 Å². The van der Waals surface area contributed by atoms with Crippen LogP contribution in [0.3, 0.4) is 0 Å². The number of benzene rings is 1. The number of rotatable bonds is 5. The van der Waals surface area contributed by atoms with E-state index in [-0.39, 0.29) is 11.4 Å². The van der Waals surface area contributed by atoms with Gasteiger partial charge in [0.1, 0.15) is 5.69 Å². The highest BCUT2D eigenvalue weighted by molar-refractivity contribution is 5.86. The molecule has 102 valence electrons. The van der Waals surface area contributed by atoms with E-state index in [0.717, 1.165) is 12.1 Å². The highest BCUT2D eigenvalue weighted by atomic mass is 16.6. The predicted molar refractivity (Wildman–Crippen MR) is 68.2 cm³/mol. The van der Waals surface area contributed by atoms with Crippen molar-refractivity contribution in [2.45, 2.75) is 20.0 Å². The standard InChI is InChI=1S/C10H12N4O5/c1-6(7(2)15)11-12-9-4-3-8(13(16)17)5-10(9)14(18)19/h3-5,7,12,15H,1-2H3/b11-6+. The number of hydrazone groups is 1. The van der Waals surface area contributed by atoms with Crippen LogP contribution >= 0.6 is 0 Å². The summed E-state index contributed by atoms with van der Waals surface area (Å²) in [6.07, 6.45) is -0.801. The molecule has 0 saturated carbocycles. The number of anilines is 1.